The molecule has 0 atom stereocenters. The van der Waals surface area contributed by atoms with Crippen molar-refractivity contribution < 1.29 is 19.1 Å². The van der Waals surface area contributed by atoms with E-state index >= 15 is 0 Å². The molecule has 0 aliphatic heterocycles. The van der Waals surface area contributed by atoms with Crippen molar-refractivity contribution >= 4 is 54.7 Å². The molecular weight excluding hydrogens is 480 g/mol. The summed E-state index contributed by atoms with van der Waals surface area (Å²) in [7, 11) is 0. The van der Waals surface area contributed by atoms with Crippen LogP contribution in [0.15, 0.2) is 65.3 Å². The van der Waals surface area contributed by atoms with Gasteiger partial charge in [0.05, 0.1) is 23.4 Å². The van der Waals surface area contributed by atoms with Gasteiger partial charge in [0.25, 0.3) is 0 Å². The number of carboxylic acids is 1. The summed E-state index contributed by atoms with van der Waals surface area (Å²) in [5.74, 6) is 6.18. The third-order valence-electron chi connectivity index (χ3n) is 6.09. The molecule has 6 rings (SSSR count). The van der Waals surface area contributed by atoms with Crippen molar-refractivity contribution in [1.82, 2.24) is 4.98 Å². The molecule has 1 aliphatic rings. The lowest BCUT2D eigenvalue weighted by molar-refractivity contribution is -0.139. The zero-order valence-electron chi connectivity index (χ0n) is 18.5. The molecule has 0 spiro atoms. The molecule has 1 aliphatic carbocycles. The van der Waals surface area contributed by atoms with Crippen molar-refractivity contribution in [3.63, 3.8) is 0 Å². The molecule has 6 nitrogen and oxygen atoms in total. The van der Waals surface area contributed by atoms with E-state index in [1.54, 1.807) is 35.1 Å². The number of furan rings is 1. The van der Waals surface area contributed by atoms with Crippen LogP contribution in [0, 0.1) is 11.8 Å². The minimum atomic E-state index is -0.724. The number of fused-ring (bicyclic) bond motifs is 2. The molecule has 0 bridgehead atoms. The second kappa shape index (κ2) is 8.86. The van der Waals surface area contributed by atoms with Crippen molar-refractivity contribution in [3.05, 3.63) is 82.0 Å². The number of rotatable bonds is 7. The molecule has 1 fully saturated rings. The first kappa shape index (κ1) is 21.9. The highest BCUT2D eigenvalue weighted by molar-refractivity contribution is 7.28. The van der Waals surface area contributed by atoms with Crippen LogP contribution in [0.1, 0.15) is 33.9 Å². The third-order valence-corrected chi connectivity index (χ3v) is 8.51. The van der Waals surface area contributed by atoms with E-state index in [2.05, 4.69) is 22.1 Å². The minimum absolute atomic E-state index is 0.309. The average Bonchev–Trinajstić information content (AvgIpc) is 3.29. The van der Waals surface area contributed by atoms with Gasteiger partial charge >= 0.3 is 5.97 Å². The fraction of sp³-hybridized carbons (Fsp3) is 0.185. The van der Waals surface area contributed by atoms with Gasteiger partial charge in [0, 0.05) is 25.9 Å². The number of benzene rings is 1. The number of anilines is 1. The highest BCUT2D eigenvalue weighted by Gasteiger charge is 2.53. The highest BCUT2D eigenvalue weighted by atomic mass is 32.1. The maximum absolute atomic E-state index is 11.6. The predicted octanol–water partition coefficient (Wildman–Crippen LogP) is 6.21. The zero-order valence-corrected chi connectivity index (χ0v) is 20.2. The van der Waals surface area contributed by atoms with E-state index in [0.29, 0.717) is 37.5 Å². The SMILES string of the molecule is O=C(O)C1(c2cc3sc(C#Cc4oc5cnccc5c4NCOCc4ccccc4)cc3s2)CC1. The number of ether oxygens (including phenoxy) is 1. The lowest BCUT2D eigenvalue weighted by Gasteiger charge is -2.07. The summed E-state index contributed by atoms with van der Waals surface area (Å²) in [5, 5.41) is 13.8. The number of aromatic nitrogens is 1. The Labute approximate surface area is 209 Å². The van der Waals surface area contributed by atoms with Crippen molar-refractivity contribution in [2.45, 2.75) is 24.9 Å². The van der Waals surface area contributed by atoms with Gasteiger partial charge < -0.3 is 19.6 Å². The fourth-order valence-electron chi connectivity index (χ4n) is 4.02. The normalized spacial score (nSPS) is 14.1. The first-order valence-electron chi connectivity index (χ1n) is 11.1. The molecule has 35 heavy (non-hydrogen) atoms. The standard InChI is InChI=1S/C27H20N2O4S2/c30-26(31)27(9-10-27)24-13-23-22(35-24)12-18(34-23)6-7-20-25(19-8-11-28-14-21(19)33-20)29-16-32-15-17-4-2-1-3-5-17/h1-5,8,11-14,29H,9-10,15-16H2,(H,30,31). The largest absolute Gasteiger partial charge is 0.481 e. The Bertz CT molecular complexity index is 1570. The molecule has 0 unspecified atom stereocenters. The Morgan fingerprint density at radius 3 is 2.74 bits per heavy atom. The number of carbonyl (C=O) groups is 1. The van der Waals surface area contributed by atoms with Gasteiger partial charge in [-0.15, -0.1) is 22.7 Å². The predicted molar refractivity (Wildman–Crippen MR) is 138 cm³/mol. The van der Waals surface area contributed by atoms with E-state index in [1.807, 2.05) is 48.5 Å². The maximum atomic E-state index is 11.6. The van der Waals surface area contributed by atoms with Crippen molar-refractivity contribution in [2.24, 2.45) is 0 Å². The lowest BCUT2D eigenvalue weighted by Crippen LogP contribution is -2.17. The second-order valence-electron chi connectivity index (χ2n) is 8.42. The van der Waals surface area contributed by atoms with Crippen LogP contribution in [-0.4, -0.2) is 22.8 Å². The topological polar surface area (TPSA) is 84.6 Å². The van der Waals surface area contributed by atoms with E-state index in [-0.39, 0.29) is 0 Å². The van der Waals surface area contributed by atoms with Gasteiger partial charge in [-0.2, -0.15) is 0 Å². The van der Waals surface area contributed by atoms with E-state index in [9.17, 15) is 9.90 Å². The summed E-state index contributed by atoms with van der Waals surface area (Å²) < 4.78 is 13.9. The number of thiophene rings is 2. The summed E-state index contributed by atoms with van der Waals surface area (Å²) in [6.45, 7) is 0.812. The van der Waals surface area contributed by atoms with Gasteiger partial charge in [0.2, 0.25) is 5.76 Å². The van der Waals surface area contributed by atoms with E-state index in [1.165, 1.54) is 0 Å². The molecule has 8 heteroatoms. The Kier molecular flexibility index (Phi) is 5.53. The Morgan fingerprint density at radius 1 is 1.14 bits per heavy atom. The molecule has 5 aromatic rings. The Hall–Kier alpha value is -3.64. The lowest BCUT2D eigenvalue weighted by atomic mass is 10.1. The van der Waals surface area contributed by atoms with Crippen LogP contribution in [0.4, 0.5) is 5.69 Å². The number of nitrogens with one attached hydrogen (secondary N) is 1. The van der Waals surface area contributed by atoms with Crippen molar-refractivity contribution in [1.29, 1.82) is 0 Å². The van der Waals surface area contributed by atoms with E-state index in [4.69, 9.17) is 9.15 Å². The number of pyridine rings is 1. The zero-order chi connectivity index (χ0) is 23.8. The smallest absolute Gasteiger partial charge is 0.314 e. The summed E-state index contributed by atoms with van der Waals surface area (Å²) >= 11 is 3.13. The van der Waals surface area contributed by atoms with Crippen LogP contribution >= 0.6 is 22.7 Å². The van der Waals surface area contributed by atoms with Crippen LogP contribution < -0.4 is 5.32 Å². The van der Waals surface area contributed by atoms with Gasteiger partial charge in [0.1, 0.15) is 12.1 Å². The number of nitrogens with zero attached hydrogens (tertiary/aromatic N) is 1. The molecule has 0 radical (unpaired) electrons. The monoisotopic (exact) mass is 500 g/mol. The summed E-state index contributed by atoms with van der Waals surface area (Å²) in [6, 6.07) is 15.9. The summed E-state index contributed by atoms with van der Waals surface area (Å²) in [6.07, 6.45) is 4.83. The molecule has 4 aromatic heterocycles. The summed E-state index contributed by atoms with van der Waals surface area (Å²) in [5.41, 5.74) is 1.87. The molecule has 174 valence electrons. The van der Waals surface area contributed by atoms with Gasteiger partial charge in [-0.1, -0.05) is 30.3 Å². The van der Waals surface area contributed by atoms with Gasteiger partial charge in [-0.3, -0.25) is 9.78 Å². The number of aliphatic carboxylic acids is 1. The molecule has 1 saturated carbocycles. The molecular formula is C27H20N2O4S2. The molecule has 0 saturated heterocycles. The van der Waals surface area contributed by atoms with Crippen LogP contribution in [0.2, 0.25) is 0 Å². The van der Waals surface area contributed by atoms with Crippen LogP contribution in [0.25, 0.3) is 20.4 Å². The highest BCUT2D eigenvalue weighted by Crippen LogP contribution is 2.52. The fourth-order valence-corrected chi connectivity index (χ4v) is 6.51. The second-order valence-corrected chi connectivity index (χ2v) is 10.6. The van der Waals surface area contributed by atoms with Crippen LogP contribution in [-0.2, 0) is 21.6 Å². The van der Waals surface area contributed by atoms with Crippen molar-refractivity contribution in [2.75, 3.05) is 12.0 Å². The summed E-state index contributed by atoms with van der Waals surface area (Å²) in [4.78, 5) is 17.6. The average molecular weight is 501 g/mol. The number of hydrogen-bond donors (Lipinski definition) is 2. The quantitative estimate of drug-likeness (QED) is 0.157. The molecule has 2 N–H and O–H groups in total. The first-order valence-corrected chi connectivity index (χ1v) is 12.8. The van der Waals surface area contributed by atoms with E-state index < -0.39 is 11.4 Å². The molecule has 1 aromatic carbocycles. The Balaban J connectivity index is 1.22. The van der Waals surface area contributed by atoms with E-state index in [0.717, 1.165) is 35.8 Å². The third kappa shape index (κ3) is 4.19. The van der Waals surface area contributed by atoms with Crippen LogP contribution in [0.3, 0.4) is 0 Å². The van der Waals surface area contributed by atoms with Crippen molar-refractivity contribution in [3.8, 4) is 11.8 Å². The minimum Gasteiger partial charge on any atom is -0.481 e. The van der Waals surface area contributed by atoms with Gasteiger partial charge in [-0.25, -0.2) is 0 Å². The molecule has 0 amide bonds. The number of carboxylic acid groups (broad SMARTS) is 1. The number of hydrogen-bond acceptors (Lipinski definition) is 7. The van der Waals surface area contributed by atoms with Gasteiger partial charge in [0.15, 0.2) is 5.58 Å². The van der Waals surface area contributed by atoms with Gasteiger partial charge in [-0.05, 0) is 48.4 Å². The van der Waals surface area contributed by atoms with Crippen LogP contribution in [0.5, 0.6) is 0 Å². The molecule has 4 heterocycles. The maximum Gasteiger partial charge on any atom is 0.314 e. The Morgan fingerprint density at radius 2 is 1.97 bits per heavy atom. The first-order chi connectivity index (χ1) is 17.1.